The number of anilines is 1. The lowest BCUT2D eigenvalue weighted by Gasteiger charge is -2.13. The van der Waals surface area contributed by atoms with Crippen molar-refractivity contribution in [3.05, 3.63) is 52.5 Å². The highest BCUT2D eigenvalue weighted by Gasteiger charge is 2.19. The number of hydrogen-bond donors (Lipinski definition) is 1. The average molecular weight is 326 g/mol. The van der Waals surface area contributed by atoms with Gasteiger partial charge in [-0.2, -0.15) is 0 Å². The zero-order valence-corrected chi connectivity index (χ0v) is 13.5. The molecule has 0 unspecified atom stereocenters. The molecule has 0 saturated carbocycles. The van der Waals surface area contributed by atoms with Gasteiger partial charge in [-0.15, -0.1) is 0 Å². The van der Waals surface area contributed by atoms with Crippen LogP contribution in [0.3, 0.4) is 0 Å². The number of ether oxygens (including phenoxy) is 1. The number of hydrogen-bond acceptors (Lipinski definition) is 3. The van der Waals surface area contributed by atoms with Crippen LogP contribution in [0.5, 0.6) is 5.75 Å². The summed E-state index contributed by atoms with van der Waals surface area (Å²) in [5, 5.41) is 0.189. The van der Waals surface area contributed by atoms with Crippen molar-refractivity contribution >= 4 is 27.3 Å². The van der Waals surface area contributed by atoms with Crippen molar-refractivity contribution in [3.63, 3.8) is 0 Å². The van der Waals surface area contributed by atoms with Crippen LogP contribution in [0.2, 0.25) is 5.02 Å². The highest BCUT2D eigenvalue weighted by molar-refractivity contribution is 7.92. The zero-order chi connectivity index (χ0) is 15.6. The predicted molar refractivity (Wildman–Crippen MR) is 84.7 cm³/mol. The summed E-state index contributed by atoms with van der Waals surface area (Å²) in [6.45, 7) is 3.72. The van der Waals surface area contributed by atoms with Gasteiger partial charge in [0.2, 0.25) is 0 Å². The van der Waals surface area contributed by atoms with Gasteiger partial charge in [-0.3, -0.25) is 4.72 Å². The van der Waals surface area contributed by atoms with Crippen LogP contribution in [0, 0.1) is 13.8 Å². The van der Waals surface area contributed by atoms with E-state index in [0.717, 1.165) is 11.1 Å². The first-order valence-electron chi connectivity index (χ1n) is 6.27. The maximum Gasteiger partial charge on any atom is 0.263 e. The van der Waals surface area contributed by atoms with Gasteiger partial charge in [0.15, 0.2) is 0 Å². The number of methoxy groups -OCH3 is 1. The molecule has 0 atom stereocenters. The fourth-order valence-electron chi connectivity index (χ4n) is 1.93. The Labute approximate surface area is 129 Å². The van der Waals surface area contributed by atoms with Crippen molar-refractivity contribution in [2.75, 3.05) is 11.8 Å². The molecule has 0 heterocycles. The van der Waals surface area contributed by atoms with Crippen LogP contribution in [0.15, 0.2) is 41.3 Å². The minimum atomic E-state index is -3.77. The van der Waals surface area contributed by atoms with Crippen molar-refractivity contribution in [1.82, 2.24) is 0 Å². The summed E-state index contributed by atoms with van der Waals surface area (Å²) in [7, 11) is -2.28. The van der Waals surface area contributed by atoms with Gasteiger partial charge < -0.3 is 4.74 Å². The van der Waals surface area contributed by atoms with E-state index in [4.69, 9.17) is 16.3 Å². The predicted octanol–water partition coefficient (Wildman–Crippen LogP) is 3.77. The molecule has 21 heavy (non-hydrogen) atoms. The number of sulfonamides is 1. The first kappa shape index (κ1) is 15.7. The third-order valence-corrected chi connectivity index (χ3v) is 4.82. The van der Waals surface area contributed by atoms with E-state index in [1.165, 1.54) is 13.2 Å². The third kappa shape index (κ3) is 3.49. The van der Waals surface area contributed by atoms with Gasteiger partial charge >= 0.3 is 0 Å². The SMILES string of the molecule is COc1ccc(C)cc1NS(=O)(=O)c1ccc(C)cc1Cl. The van der Waals surface area contributed by atoms with E-state index >= 15 is 0 Å². The standard InChI is InChI=1S/C15H16ClNO3S/c1-10-5-7-15(12(16)8-10)21(18,19)17-13-9-11(2)4-6-14(13)20-3/h4-9,17H,1-3H3. The lowest BCUT2D eigenvalue weighted by molar-refractivity contribution is 0.417. The highest BCUT2D eigenvalue weighted by Crippen LogP contribution is 2.30. The first-order chi connectivity index (χ1) is 9.83. The fraction of sp³-hybridized carbons (Fsp3) is 0.200. The van der Waals surface area contributed by atoms with Crippen molar-refractivity contribution in [3.8, 4) is 5.75 Å². The summed E-state index contributed by atoms with van der Waals surface area (Å²) in [6.07, 6.45) is 0. The van der Waals surface area contributed by atoms with Crippen LogP contribution < -0.4 is 9.46 Å². The van der Waals surface area contributed by atoms with Crippen molar-refractivity contribution in [2.24, 2.45) is 0 Å². The summed E-state index contributed by atoms with van der Waals surface area (Å²) in [4.78, 5) is 0.0401. The van der Waals surface area contributed by atoms with Crippen LogP contribution in [0.4, 0.5) is 5.69 Å². The molecular weight excluding hydrogens is 310 g/mol. The van der Waals surface area contributed by atoms with E-state index in [0.29, 0.717) is 11.4 Å². The van der Waals surface area contributed by atoms with Crippen LogP contribution >= 0.6 is 11.6 Å². The second kappa shape index (κ2) is 5.95. The largest absolute Gasteiger partial charge is 0.495 e. The van der Waals surface area contributed by atoms with E-state index in [9.17, 15) is 8.42 Å². The van der Waals surface area contributed by atoms with Gasteiger partial charge in [-0.05, 0) is 49.2 Å². The summed E-state index contributed by atoms with van der Waals surface area (Å²) >= 11 is 6.03. The topological polar surface area (TPSA) is 55.4 Å². The Kier molecular flexibility index (Phi) is 4.44. The molecule has 4 nitrogen and oxygen atoms in total. The van der Waals surface area contributed by atoms with Crippen molar-refractivity contribution in [2.45, 2.75) is 18.7 Å². The first-order valence-corrected chi connectivity index (χ1v) is 8.13. The second-order valence-corrected chi connectivity index (χ2v) is 6.80. The molecule has 2 rings (SSSR count). The molecule has 0 aliphatic rings. The Balaban J connectivity index is 2.44. The van der Waals surface area contributed by atoms with Crippen LogP contribution in [0.1, 0.15) is 11.1 Å². The van der Waals surface area contributed by atoms with Crippen LogP contribution in [-0.2, 0) is 10.0 Å². The number of rotatable bonds is 4. The van der Waals surface area contributed by atoms with Crippen LogP contribution in [-0.4, -0.2) is 15.5 Å². The van der Waals surface area contributed by atoms with E-state index in [1.807, 2.05) is 19.9 Å². The maximum absolute atomic E-state index is 12.5. The molecule has 0 bridgehead atoms. The van der Waals surface area contributed by atoms with Gasteiger partial charge in [-0.1, -0.05) is 23.7 Å². The molecule has 112 valence electrons. The Bertz CT molecular complexity index is 772. The van der Waals surface area contributed by atoms with Gasteiger partial charge in [0.1, 0.15) is 10.6 Å². The molecule has 6 heteroatoms. The molecule has 2 aromatic carbocycles. The molecule has 0 aromatic heterocycles. The van der Waals surface area contributed by atoms with E-state index < -0.39 is 10.0 Å². The molecular formula is C15H16ClNO3S. The Morgan fingerprint density at radius 1 is 1.05 bits per heavy atom. The average Bonchev–Trinajstić information content (AvgIpc) is 2.37. The fourth-order valence-corrected chi connectivity index (χ4v) is 3.59. The summed E-state index contributed by atoms with van der Waals surface area (Å²) in [6, 6.07) is 10.1. The lowest BCUT2D eigenvalue weighted by Crippen LogP contribution is -2.14. The van der Waals surface area contributed by atoms with Gasteiger partial charge in [0, 0.05) is 0 Å². The van der Waals surface area contributed by atoms with Crippen molar-refractivity contribution in [1.29, 1.82) is 0 Å². The highest BCUT2D eigenvalue weighted by atomic mass is 35.5. The third-order valence-electron chi connectivity index (χ3n) is 2.98. The normalized spacial score (nSPS) is 11.2. The Morgan fingerprint density at radius 2 is 1.67 bits per heavy atom. The molecule has 0 fully saturated rings. The molecule has 2 aromatic rings. The van der Waals surface area contributed by atoms with Crippen molar-refractivity contribution < 1.29 is 13.2 Å². The number of halogens is 1. The number of aryl methyl sites for hydroxylation is 2. The molecule has 1 N–H and O–H groups in total. The Morgan fingerprint density at radius 3 is 2.29 bits per heavy atom. The quantitative estimate of drug-likeness (QED) is 0.931. The molecule has 0 radical (unpaired) electrons. The number of benzene rings is 2. The summed E-state index contributed by atoms with van der Waals surface area (Å²) < 4.78 is 32.6. The van der Waals surface area contributed by atoms with E-state index in [2.05, 4.69) is 4.72 Å². The molecule has 0 spiro atoms. The summed E-state index contributed by atoms with van der Waals surface area (Å²) in [5.41, 5.74) is 2.20. The molecule has 0 amide bonds. The van der Waals surface area contributed by atoms with Gasteiger partial charge in [-0.25, -0.2) is 8.42 Å². The van der Waals surface area contributed by atoms with Crippen LogP contribution in [0.25, 0.3) is 0 Å². The van der Waals surface area contributed by atoms with E-state index in [1.54, 1.807) is 24.3 Å². The van der Waals surface area contributed by atoms with E-state index in [-0.39, 0.29) is 9.92 Å². The van der Waals surface area contributed by atoms with Gasteiger partial charge in [0.05, 0.1) is 17.8 Å². The molecule has 0 aliphatic heterocycles. The van der Waals surface area contributed by atoms with Gasteiger partial charge in [0.25, 0.3) is 10.0 Å². The minimum absolute atomic E-state index is 0.0401. The number of nitrogens with one attached hydrogen (secondary N) is 1. The minimum Gasteiger partial charge on any atom is -0.495 e. The summed E-state index contributed by atoms with van der Waals surface area (Å²) in [5.74, 6) is 0.451. The monoisotopic (exact) mass is 325 g/mol. The molecule has 0 saturated heterocycles. The smallest absolute Gasteiger partial charge is 0.263 e. The molecule has 0 aliphatic carbocycles. The Hall–Kier alpha value is -1.72. The lowest BCUT2D eigenvalue weighted by atomic mass is 10.2. The second-order valence-electron chi connectivity index (χ2n) is 4.74. The maximum atomic E-state index is 12.5. The zero-order valence-electron chi connectivity index (χ0n) is 12.0.